The van der Waals surface area contributed by atoms with Crippen LogP contribution >= 0.6 is 11.6 Å². The summed E-state index contributed by atoms with van der Waals surface area (Å²) in [5, 5.41) is 0.242. The minimum atomic E-state index is -0.112. The number of rotatable bonds is 1. The molecule has 1 rings (SSSR count). The molecule has 1 aromatic heterocycles. The molecule has 1 heterocycles. The van der Waals surface area contributed by atoms with Crippen LogP contribution in [0.2, 0.25) is 5.28 Å². The molecule has 0 fully saturated rings. The topological polar surface area (TPSA) is 34.9 Å². The molecule has 0 aromatic carbocycles. The summed E-state index contributed by atoms with van der Waals surface area (Å²) in [7, 11) is 1.60. The predicted molar refractivity (Wildman–Crippen MR) is 48.6 cm³/mol. The van der Waals surface area contributed by atoms with E-state index in [0.29, 0.717) is 0 Å². The lowest BCUT2D eigenvalue weighted by molar-refractivity contribution is 0.756. The first kappa shape index (κ1) is 9.26. The summed E-state index contributed by atoms with van der Waals surface area (Å²) in [5.74, 6) is 0.233. The molecule has 0 aliphatic rings. The summed E-state index contributed by atoms with van der Waals surface area (Å²) in [6.07, 6.45) is 0. The Morgan fingerprint density at radius 3 is 2.58 bits per heavy atom. The lowest BCUT2D eigenvalue weighted by Crippen LogP contribution is -2.19. The second kappa shape index (κ2) is 3.27. The Kier molecular flexibility index (Phi) is 2.52. The van der Waals surface area contributed by atoms with Gasteiger partial charge in [0, 0.05) is 13.1 Å². The van der Waals surface area contributed by atoms with Crippen LogP contribution in [0, 0.1) is 0 Å². The zero-order valence-electron chi connectivity index (χ0n) is 7.34. The number of aromatic nitrogens is 2. The molecule has 0 unspecified atom stereocenters. The number of halogens is 1. The van der Waals surface area contributed by atoms with Gasteiger partial charge >= 0.3 is 0 Å². The minimum Gasteiger partial charge on any atom is -0.286 e. The number of nitrogens with zero attached hydrogens (tertiary/aromatic N) is 2. The maximum absolute atomic E-state index is 11.2. The quantitative estimate of drug-likeness (QED) is 0.624. The summed E-state index contributed by atoms with van der Waals surface area (Å²) in [6, 6.07) is 1.51. The van der Waals surface area contributed by atoms with Crippen LogP contribution in [-0.2, 0) is 7.05 Å². The van der Waals surface area contributed by atoms with Gasteiger partial charge in [0.25, 0.3) is 5.56 Å². The van der Waals surface area contributed by atoms with Crippen molar-refractivity contribution in [3.8, 4) is 0 Å². The molecular formula is C8H11ClN2O. The third kappa shape index (κ3) is 1.67. The molecule has 4 heteroatoms. The van der Waals surface area contributed by atoms with Crippen molar-refractivity contribution in [3.05, 3.63) is 27.4 Å². The van der Waals surface area contributed by atoms with Gasteiger partial charge in [-0.2, -0.15) is 0 Å². The first-order valence-corrected chi connectivity index (χ1v) is 4.13. The summed E-state index contributed by atoms with van der Waals surface area (Å²) >= 11 is 5.72. The van der Waals surface area contributed by atoms with Gasteiger partial charge in [-0.3, -0.25) is 9.36 Å². The zero-order valence-corrected chi connectivity index (χ0v) is 8.09. The molecule has 0 atom stereocenters. The normalized spacial score (nSPS) is 10.8. The van der Waals surface area contributed by atoms with E-state index in [-0.39, 0.29) is 16.8 Å². The highest BCUT2D eigenvalue weighted by atomic mass is 35.5. The smallest absolute Gasteiger partial charge is 0.254 e. The SMILES string of the molecule is CC(C)c1cc(=O)n(C)c(Cl)n1. The molecule has 0 N–H and O–H groups in total. The molecule has 0 radical (unpaired) electrons. The first-order chi connectivity index (χ1) is 5.52. The molecule has 66 valence electrons. The summed E-state index contributed by atoms with van der Waals surface area (Å²) in [6.45, 7) is 3.94. The molecule has 0 bridgehead atoms. The zero-order chi connectivity index (χ0) is 9.30. The highest BCUT2D eigenvalue weighted by Gasteiger charge is 2.05. The highest BCUT2D eigenvalue weighted by molar-refractivity contribution is 6.28. The Labute approximate surface area is 76.0 Å². The van der Waals surface area contributed by atoms with Gasteiger partial charge in [0.1, 0.15) is 0 Å². The fourth-order valence-corrected chi connectivity index (χ4v) is 1.00. The van der Waals surface area contributed by atoms with Crippen molar-refractivity contribution in [1.29, 1.82) is 0 Å². The average Bonchev–Trinajstić information content (AvgIpc) is 1.99. The van der Waals surface area contributed by atoms with E-state index in [9.17, 15) is 4.79 Å². The molecule has 1 aromatic rings. The third-order valence-electron chi connectivity index (χ3n) is 1.69. The van der Waals surface area contributed by atoms with E-state index in [1.54, 1.807) is 7.05 Å². The molecule has 0 saturated carbocycles. The van der Waals surface area contributed by atoms with Crippen molar-refractivity contribution >= 4 is 11.6 Å². The van der Waals surface area contributed by atoms with Gasteiger partial charge in [-0.05, 0) is 17.5 Å². The van der Waals surface area contributed by atoms with E-state index < -0.39 is 0 Å². The monoisotopic (exact) mass is 186 g/mol. The van der Waals surface area contributed by atoms with Crippen LogP contribution in [0.3, 0.4) is 0 Å². The lowest BCUT2D eigenvalue weighted by Gasteiger charge is -2.05. The van der Waals surface area contributed by atoms with Crippen molar-refractivity contribution in [2.75, 3.05) is 0 Å². The van der Waals surface area contributed by atoms with Crippen LogP contribution in [0.5, 0.6) is 0 Å². The van der Waals surface area contributed by atoms with Crippen LogP contribution in [0.4, 0.5) is 0 Å². The maximum Gasteiger partial charge on any atom is 0.254 e. The minimum absolute atomic E-state index is 0.112. The van der Waals surface area contributed by atoms with Crippen LogP contribution in [0.15, 0.2) is 10.9 Å². The van der Waals surface area contributed by atoms with Crippen molar-refractivity contribution in [3.63, 3.8) is 0 Å². The van der Waals surface area contributed by atoms with Crippen LogP contribution in [0.25, 0.3) is 0 Å². The maximum atomic E-state index is 11.2. The number of hydrogen-bond acceptors (Lipinski definition) is 2. The Hall–Kier alpha value is -0.830. The van der Waals surface area contributed by atoms with E-state index in [2.05, 4.69) is 4.98 Å². The van der Waals surface area contributed by atoms with Crippen LogP contribution in [-0.4, -0.2) is 9.55 Å². The van der Waals surface area contributed by atoms with Crippen LogP contribution < -0.4 is 5.56 Å². The van der Waals surface area contributed by atoms with E-state index >= 15 is 0 Å². The molecular weight excluding hydrogens is 176 g/mol. The van der Waals surface area contributed by atoms with Crippen molar-refractivity contribution in [2.24, 2.45) is 7.05 Å². The number of hydrogen-bond donors (Lipinski definition) is 0. The van der Waals surface area contributed by atoms with Crippen molar-refractivity contribution < 1.29 is 0 Å². The van der Waals surface area contributed by atoms with E-state index in [1.165, 1.54) is 10.6 Å². The van der Waals surface area contributed by atoms with Gasteiger partial charge in [-0.1, -0.05) is 13.8 Å². The third-order valence-corrected chi connectivity index (χ3v) is 2.03. The van der Waals surface area contributed by atoms with Gasteiger partial charge < -0.3 is 0 Å². The molecule has 0 amide bonds. The molecule has 0 spiro atoms. The van der Waals surface area contributed by atoms with Crippen molar-refractivity contribution in [1.82, 2.24) is 9.55 Å². The first-order valence-electron chi connectivity index (χ1n) is 3.76. The van der Waals surface area contributed by atoms with Crippen LogP contribution in [0.1, 0.15) is 25.5 Å². The fourth-order valence-electron chi connectivity index (χ4n) is 0.824. The van der Waals surface area contributed by atoms with Gasteiger partial charge in [0.15, 0.2) is 0 Å². The van der Waals surface area contributed by atoms with Gasteiger partial charge in [0.2, 0.25) is 5.28 Å². The molecule has 3 nitrogen and oxygen atoms in total. The van der Waals surface area contributed by atoms with Gasteiger partial charge in [-0.25, -0.2) is 4.98 Å². The second-order valence-corrected chi connectivity index (χ2v) is 3.34. The fraction of sp³-hybridized carbons (Fsp3) is 0.500. The molecule has 0 aliphatic heterocycles. The predicted octanol–water partition coefficient (Wildman–Crippen LogP) is 1.56. The Morgan fingerprint density at radius 1 is 1.58 bits per heavy atom. The van der Waals surface area contributed by atoms with E-state index in [0.717, 1.165) is 5.69 Å². The lowest BCUT2D eigenvalue weighted by atomic mass is 10.1. The molecule has 0 aliphatic carbocycles. The summed E-state index contributed by atoms with van der Waals surface area (Å²) < 4.78 is 1.31. The van der Waals surface area contributed by atoms with Gasteiger partial charge in [-0.15, -0.1) is 0 Å². The second-order valence-electron chi connectivity index (χ2n) is 3.00. The standard InChI is InChI=1S/C8H11ClN2O/c1-5(2)6-4-7(12)11(3)8(9)10-6/h4-5H,1-3H3. The molecule has 12 heavy (non-hydrogen) atoms. The summed E-state index contributed by atoms with van der Waals surface area (Å²) in [4.78, 5) is 15.3. The van der Waals surface area contributed by atoms with Crippen molar-refractivity contribution in [2.45, 2.75) is 19.8 Å². The molecule has 0 saturated heterocycles. The Morgan fingerprint density at radius 2 is 2.17 bits per heavy atom. The highest BCUT2D eigenvalue weighted by Crippen LogP contribution is 2.10. The van der Waals surface area contributed by atoms with E-state index in [1.807, 2.05) is 13.8 Å². The van der Waals surface area contributed by atoms with E-state index in [4.69, 9.17) is 11.6 Å². The summed E-state index contributed by atoms with van der Waals surface area (Å²) in [5.41, 5.74) is 0.627. The Bertz CT molecular complexity index is 343. The average molecular weight is 187 g/mol. The Balaban J connectivity index is 3.31. The van der Waals surface area contributed by atoms with Gasteiger partial charge in [0.05, 0.1) is 5.69 Å². The largest absolute Gasteiger partial charge is 0.286 e.